The lowest BCUT2D eigenvalue weighted by Gasteiger charge is -2.35. The van der Waals surface area contributed by atoms with Gasteiger partial charge in [-0.15, -0.1) is 0 Å². The number of nitrogens with one attached hydrogen (secondary N) is 1. The summed E-state index contributed by atoms with van der Waals surface area (Å²) in [5.41, 5.74) is 3.74. The Hall–Kier alpha value is -2.64. The van der Waals surface area contributed by atoms with Gasteiger partial charge in [0.15, 0.2) is 10.9 Å². The molecular weight excluding hydrogens is 492 g/mol. The highest BCUT2D eigenvalue weighted by molar-refractivity contribution is 7.99. The standard InChI is InChI=1S/C31H38N4O2S/c1-34-26-16-6-5-14-24(26)33-30(34)38-21-29(37)35-18-10-8-15-25(27(36)20-35)32-28-19-31(28)17-9-7-13-23(31)22-11-3-2-4-12-22/h2-6,11-12,14,16,23,25,28,32H,7-10,13,15,17-21H2,1H3. The van der Waals surface area contributed by atoms with Gasteiger partial charge < -0.3 is 14.8 Å². The molecule has 4 unspecified atom stereocenters. The highest BCUT2D eigenvalue weighted by Crippen LogP contribution is 2.63. The summed E-state index contributed by atoms with van der Waals surface area (Å²) in [4.78, 5) is 33.1. The third kappa shape index (κ3) is 5.03. The predicted octanol–water partition coefficient (Wildman–Crippen LogP) is 5.32. The van der Waals surface area contributed by atoms with E-state index in [1.807, 2.05) is 35.9 Å². The Labute approximate surface area is 229 Å². The normalized spacial score (nSPS) is 27.9. The van der Waals surface area contributed by atoms with Crippen molar-refractivity contribution >= 4 is 34.5 Å². The number of likely N-dealkylation sites (tertiary alicyclic amines) is 1. The van der Waals surface area contributed by atoms with E-state index in [4.69, 9.17) is 0 Å². The number of thioether (sulfide) groups is 1. The number of hydrogen-bond donors (Lipinski definition) is 1. The topological polar surface area (TPSA) is 67.2 Å². The van der Waals surface area contributed by atoms with E-state index in [-0.39, 0.29) is 24.3 Å². The van der Waals surface area contributed by atoms with Crippen LogP contribution in [0.1, 0.15) is 62.8 Å². The van der Waals surface area contributed by atoms with Gasteiger partial charge in [0.25, 0.3) is 0 Å². The number of carbonyl (C=O) groups is 2. The van der Waals surface area contributed by atoms with Crippen molar-refractivity contribution in [1.29, 1.82) is 0 Å². The van der Waals surface area contributed by atoms with Gasteiger partial charge in [-0.3, -0.25) is 9.59 Å². The maximum atomic E-state index is 13.4. The van der Waals surface area contributed by atoms with Gasteiger partial charge in [-0.05, 0) is 67.6 Å². The van der Waals surface area contributed by atoms with Crippen LogP contribution >= 0.6 is 11.8 Å². The summed E-state index contributed by atoms with van der Waals surface area (Å²) in [6, 6.07) is 19.2. The number of ketones is 1. The molecule has 2 heterocycles. The molecule has 0 bridgehead atoms. The second-order valence-electron chi connectivity index (χ2n) is 11.4. The smallest absolute Gasteiger partial charge is 0.233 e. The Balaban J connectivity index is 1.07. The van der Waals surface area contributed by atoms with Crippen LogP contribution in [-0.4, -0.2) is 57.1 Å². The highest BCUT2D eigenvalue weighted by atomic mass is 32.2. The van der Waals surface area contributed by atoms with Crippen LogP contribution in [0.5, 0.6) is 0 Å². The number of rotatable bonds is 6. The fourth-order valence-corrected chi connectivity index (χ4v) is 7.84. The van der Waals surface area contributed by atoms with E-state index in [2.05, 4.69) is 40.6 Å². The molecule has 7 heteroatoms. The molecule has 1 amide bonds. The average Bonchev–Trinajstić information content (AvgIpc) is 3.50. The molecule has 200 valence electrons. The molecule has 2 aromatic carbocycles. The Bertz CT molecular complexity index is 1310. The molecule has 0 radical (unpaired) electrons. The lowest BCUT2D eigenvalue weighted by Crippen LogP contribution is -2.48. The lowest BCUT2D eigenvalue weighted by molar-refractivity contribution is -0.134. The number of Topliss-reactive ketones (excluding diaryl/α,β-unsaturated/α-hetero) is 1. The zero-order chi connectivity index (χ0) is 26.1. The molecule has 3 aliphatic rings. The molecular formula is C31H38N4O2S. The van der Waals surface area contributed by atoms with Crippen LogP contribution in [-0.2, 0) is 16.6 Å². The van der Waals surface area contributed by atoms with Crippen LogP contribution in [0.2, 0.25) is 0 Å². The first-order valence-corrected chi connectivity index (χ1v) is 15.2. The van der Waals surface area contributed by atoms with Gasteiger partial charge in [0.1, 0.15) is 0 Å². The number of hydrogen-bond acceptors (Lipinski definition) is 5. The summed E-state index contributed by atoms with van der Waals surface area (Å²) in [7, 11) is 1.98. The number of amides is 1. The summed E-state index contributed by atoms with van der Waals surface area (Å²) in [6.45, 7) is 0.866. The molecule has 2 saturated carbocycles. The SMILES string of the molecule is Cn1c(SCC(=O)N2CCCCC(NC3CC34CCCCC4c3ccccc3)C(=O)C2)nc2ccccc21. The van der Waals surface area contributed by atoms with Gasteiger partial charge in [-0.1, -0.05) is 67.1 Å². The number of carbonyl (C=O) groups excluding carboxylic acids is 2. The molecule has 1 N–H and O–H groups in total. The summed E-state index contributed by atoms with van der Waals surface area (Å²) in [5, 5.41) is 4.63. The van der Waals surface area contributed by atoms with E-state index >= 15 is 0 Å². The molecule has 3 aromatic rings. The summed E-state index contributed by atoms with van der Waals surface area (Å²) >= 11 is 1.46. The van der Waals surface area contributed by atoms with E-state index in [1.54, 1.807) is 4.90 Å². The lowest BCUT2D eigenvalue weighted by atomic mass is 9.72. The summed E-state index contributed by atoms with van der Waals surface area (Å²) in [6.07, 6.45) is 9.00. The van der Waals surface area contributed by atoms with Crippen molar-refractivity contribution < 1.29 is 9.59 Å². The van der Waals surface area contributed by atoms with Gasteiger partial charge in [0.05, 0.1) is 29.4 Å². The fourth-order valence-electron chi connectivity index (χ4n) is 6.95. The van der Waals surface area contributed by atoms with Crippen LogP contribution < -0.4 is 5.32 Å². The van der Waals surface area contributed by atoms with E-state index in [9.17, 15) is 9.59 Å². The van der Waals surface area contributed by atoms with Crippen molar-refractivity contribution in [3.8, 4) is 0 Å². The number of aromatic nitrogens is 2. The van der Waals surface area contributed by atoms with Crippen molar-refractivity contribution in [3.05, 3.63) is 60.2 Å². The fraction of sp³-hybridized carbons (Fsp3) is 0.516. The minimum Gasteiger partial charge on any atom is -0.335 e. The van der Waals surface area contributed by atoms with E-state index in [0.29, 0.717) is 29.7 Å². The molecule has 2 aliphatic carbocycles. The second-order valence-corrected chi connectivity index (χ2v) is 12.4. The van der Waals surface area contributed by atoms with Gasteiger partial charge in [0, 0.05) is 19.6 Å². The number of nitrogens with zero attached hydrogens (tertiary/aromatic N) is 3. The molecule has 1 saturated heterocycles. The molecule has 3 fully saturated rings. The third-order valence-corrected chi connectivity index (χ3v) is 10.1. The summed E-state index contributed by atoms with van der Waals surface area (Å²) < 4.78 is 2.03. The molecule has 1 spiro atoms. The van der Waals surface area contributed by atoms with E-state index in [1.165, 1.54) is 43.0 Å². The van der Waals surface area contributed by atoms with Crippen molar-refractivity contribution in [3.63, 3.8) is 0 Å². The van der Waals surface area contributed by atoms with Crippen molar-refractivity contribution in [1.82, 2.24) is 19.8 Å². The first-order valence-electron chi connectivity index (χ1n) is 14.2. The highest BCUT2D eigenvalue weighted by Gasteiger charge is 2.59. The Kier molecular flexibility index (Phi) is 7.32. The first kappa shape index (κ1) is 25.6. The molecule has 38 heavy (non-hydrogen) atoms. The molecule has 1 aliphatic heterocycles. The van der Waals surface area contributed by atoms with Crippen LogP contribution in [0.25, 0.3) is 11.0 Å². The number of benzene rings is 2. The van der Waals surface area contributed by atoms with E-state index < -0.39 is 0 Å². The molecule has 6 nitrogen and oxygen atoms in total. The monoisotopic (exact) mass is 530 g/mol. The summed E-state index contributed by atoms with van der Waals surface area (Å²) in [5.74, 6) is 1.07. The van der Waals surface area contributed by atoms with Crippen LogP contribution in [0.15, 0.2) is 59.8 Å². The Morgan fingerprint density at radius 3 is 2.68 bits per heavy atom. The predicted molar refractivity (Wildman–Crippen MR) is 152 cm³/mol. The maximum Gasteiger partial charge on any atom is 0.233 e. The minimum absolute atomic E-state index is 0.0235. The zero-order valence-corrected chi connectivity index (χ0v) is 23.1. The molecule has 4 atom stereocenters. The average molecular weight is 531 g/mol. The van der Waals surface area contributed by atoms with Gasteiger partial charge in [0.2, 0.25) is 5.91 Å². The first-order chi connectivity index (χ1) is 18.5. The van der Waals surface area contributed by atoms with Crippen LogP contribution in [0, 0.1) is 5.41 Å². The van der Waals surface area contributed by atoms with Crippen molar-refractivity contribution in [2.75, 3.05) is 18.8 Å². The zero-order valence-electron chi connectivity index (χ0n) is 22.3. The van der Waals surface area contributed by atoms with Crippen LogP contribution in [0.4, 0.5) is 0 Å². The quantitative estimate of drug-likeness (QED) is 0.437. The maximum absolute atomic E-state index is 13.4. The number of aryl methyl sites for hydroxylation is 1. The molecule has 1 aromatic heterocycles. The molecule has 6 rings (SSSR count). The van der Waals surface area contributed by atoms with E-state index in [0.717, 1.165) is 41.9 Å². The number of para-hydroxylation sites is 2. The van der Waals surface area contributed by atoms with Gasteiger partial charge >= 0.3 is 0 Å². The Morgan fingerprint density at radius 2 is 1.84 bits per heavy atom. The van der Waals surface area contributed by atoms with Gasteiger partial charge in [-0.2, -0.15) is 0 Å². The van der Waals surface area contributed by atoms with Crippen LogP contribution in [0.3, 0.4) is 0 Å². The van der Waals surface area contributed by atoms with Gasteiger partial charge in [-0.25, -0.2) is 4.98 Å². The van der Waals surface area contributed by atoms with Crippen molar-refractivity contribution in [2.45, 2.75) is 74.5 Å². The number of fused-ring (bicyclic) bond motifs is 1. The minimum atomic E-state index is -0.152. The number of imidazole rings is 1. The Morgan fingerprint density at radius 1 is 1.05 bits per heavy atom. The third-order valence-electron chi connectivity index (χ3n) is 9.13. The van der Waals surface area contributed by atoms with Crippen molar-refractivity contribution in [2.24, 2.45) is 12.5 Å². The largest absolute Gasteiger partial charge is 0.335 e. The second kappa shape index (κ2) is 10.9.